The number of aliphatic carboxylic acids is 1. The monoisotopic (exact) mass is 280 g/mol. The molecule has 5 nitrogen and oxygen atoms in total. The molecular weight excluding hydrogens is 264 g/mol. The first-order chi connectivity index (χ1) is 8.78. The number of carboxylic acids is 1. The Morgan fingerprint density at radius 2 is 2.16 bits per heavy atom. The largest absolute Gasteiger partial charge is 0.480 e. The second-order valence-corrected chi connectivity index (χ2v) is 6.06. The van der Waals surface area contributed by atoms with Crippen molar-refractivity contribution in [3.8, 4) is 0 Å². The number of carbonyl (C=O) groups is 1. The fourth-order valence-corrected chi connectivity index (χ4v) is 3.06. The lowest BCUT2D eigenvalue weighted by molar-refractivity contribution is -0.145. The van der Waals surface area contributed by atoms with Gasteiger partial charge in [0.1, 0.15) is 16.2 Å². The molecule has 0 unspecified atom stereocenters. The lowest BCUT2D eigenvalue weighted by atomic mass is 10.1. The van der Waals surface area contributed by atoms with Crippen LogP contribution in [0.3, 0.4) is 0 Å². The van der Waals surface area contributed by atoms with E-state index in [9.17, 15) is 14.7 Å². The first kappa shape index (κ1) is 13.7. The number of nitrogens with zero attached hydrogens (tertiary/aromatic N) is 2. The summed E-state index contributed by atoms with van der Waals surface area (Å²) in [6.45, 7) is 6.68. The normalized spacial score (nSPS) is 12.0. The molecule has 6 heteroatoms. The van der Waals surface area contributed by atoms with Gasteiger partial charge in [-0.25, -0.2) is 9.78 Å². The number of rotatable bonds is 3. The number of hydrogen-bond donors (Lipinski definition) is 1. The van der Waals surface area contributed by atoms with Gasteiger partial charge < -0.3 is 5.11 Å². The van der Waals surface area contributed by atoms with Gasteiger partial charge in [0.05, 0.1) is 5.39 Å². The second-order valence-electron chi connectivity index (χ2n) is 4.95. The molecule has 0 spiro atoms. The van der Waals surface area contributed by atoms with E-state index in [2.05, 4.69) is 4.98 Å². The topological polar surface area (TPSA) is 72.2 Å². The minimum Gasteiger partial charge on any atom is -0.480 e. The molecule has 2 aromatic rings. The molecule has 19 heavy (non-hydrogen) atoms. The summed E-state index contributed by atoms with van der Waals surface area (Å²) in [4.78, 5) is 30.0. The van der Waals surface area contributed by atoms with Crippen molar-refractivity contribution in [1.29, 1.82) is 0 Å². The zero-order chi connectivity index (χ0) is 14.4. The van der Waals surface area contributed by atoms with Crippen LogP contribution in [-0.2, 0) is 16.8 Å². The molecule has 0 radical (unpaired) electrons. The summed E-state index contributed by atoms with van der Waals surface area (Å²) in [7, 11) is 0. The predicted octanol–water partition coefficient (Wildman–Crippen LogP) is 2.15. The van der Waals surface area contributed by atoms with Gasteiger partial charge in [-0.1, -0.05) is 6.92 Å². The lowest BCUT2D eigenvalue weighted by Crippen LogP contribution is -2.44. The van der Waals surface area contributed by atoms with Gasteiger partial charge in [-0.2, -0.15) is 0 Å². The smallest absolute Gasteiger partial charge is 0.329 e. The Labute approximate surface area is 114 Å². The van der Waals surface area contributed by atoms with Crippen LogP contribution in [0.1, 0.15) is 31.5 Å². The summed E-state index contributed by atoms with van der Waals surface area (Å²) < 4.78 is 1.25. The van der Waals surface area contributed by atoms with E-state index in [1.807, 2.05) is 13.0 Å². The number of thiophene rings is 1. The standard InChI is InChI=1S/C13H16N2O3S/c1-5-8-6-9-10(19-8)14-7(2)15(11(9)16)13(3,4)12(17)18/h6H,5H2,1-4H3,(H,17,18). The molecule has 0 bridgehead atoms. The molecule has 0 fully saturated rings. The Kier molecular flexibility index (Phi) is 3.22. The van der Waals surface area contributed by atoms with Crippen LogP contribution in [0, 0.1) is 6.92 Å². The van der Waals surface area contributed by atoms with Crippen molar-refractivity contribution in [2.45, 2.75) is 39.7 Å². The van der Waals surface area contributed by atoms with Crippen LogP contribution in [0.25, 0.3) is 10.2 Å². The van der Waals surface area contributed by atoms with Crippen molar-refractivity contribution in [2.75, 3.05) is 0 Å². The van der Waals surface area contributed by atoms with Crippen molar-refractivity contribution in [1.82, 2.24) is 9.55 Å². The average Bonchev–Trinajstić information content (AvgIpc) is 2.71. The van der Waals surface area contributed by atoms with Crippen molar-refractivity contribution >= 4 is 27.5 Å². The van der Waals surface area contributed by atoms with E-state index < -0.39 is 11.5 Å². The molecule has 2 heterocycles. The predicted molar refractivity (Wildman–Crippen MR) is 75.0 cm³/mol. The molecule has 0 aromatic carbocycles. The minimum absolute atomic E-state index is 0.286. The zero-order valence-electron chi connectivity index (χ0n) is 11.4. The summed E-state index contributed by atoms with van der Waals surface area (Å²) in [5.41, 5.74) is -1.60. The van der Waals surface area contributed by atoms with Crippen LogP contribution >= 0.6 is 11.3 Å². The van der Waals surface area contributed by atoms with Crippen LogP contribution < -0.4 is 5.56 Å². The van der Waals surface area contributed by atoms with Gasteiger partial charge in [0.15, 0.2) is 0 Å². The Balaban J connectivity index is 2.83. The van der Waals surface area contributed by atoms with Crippen LogP contribution in [0.4, 0.5) is 0 Å². The Bertz CT molecular complexity index is 712. The molecular formula is C13H16N2O3S. The number of aromatic nitrogens is 2. The first-order valence-electron chi connectivity index (χ1n) is 6.05. The summed E-state index contributed by atoms with van der Waals surface area (Å²) in [6.07, 6.45) is 0.835. The van der Waals surface area contributed by atoms with E-state index in [0.717, 1.165) is 11.3 Å². The molecule has 0 saturated carbocycles. The maximum atomic E-state index is 12.5. The van der Waals surface area contributed by atoms with Crippen molar-refractivity contribution in [3.63, 3.8) is 0 Å². The fourth-order valence-electron chi connectivity index (χ4n) is 2.06. The van der Waals surface area contributed by atoms with E-state index >= 15 is 0 Å². The van der Waals surface area contributed by atoms with E-state index in [1.165, 1.54) is 29.8 Å². The molecule has 1 N–H and O–H groups in total. The van der Waals surface area contributed by atoms with E-state index in [1.54, 1.807) is 6.92 Å². The highest BCUT2D eigenvalue weighted by atomic mass is 32.1. The number of hydrogen-bond acceptors (Lipinski definition) is 4. The van der Waals surface area contributed by atoms with Crippen molar-refractivity contribution < 1.29 is 9.90 Å². The Hall–Kier alpha value is -1.69. The van der Waals surface area contributed by atoms with Crippen LogP contribution in [0.2, 0.25) is 0 Å². The van der Waals surface area contributed by atoms with Gasteiger partial charge in [-0.3, -0.25) is 9.36 Å². The Morgan fingerprint density at radius 3 is 2.68 bits per heavy atom. The molecule has 0 atom stereocenters. The van der Waals surface area contributed by atoms with Gasteiger partial charge >= 0.3 is 5.97 Å². The van der Waals surface area contributed by atoms with Crippen LogP contribution in [-0.4, -0.2) is 20.6 Å². The third-order valence-corrected chi connectivity index (χ3v) is 4.39. The number of fused-ring (bicyclic) bond motifs is 1. The molecule has 0 aliphatic heterocycles. The minimum atomic E-state index is -1.31. The van der Waals surface area contributed by atoms with Gasteiger partial charge in [0.25, 0.3) is 5.56 Å². The Morgan fingerprint density at radius 1 is 1.53 bits per heavy atom. The highest BCUT2D eigenvalue weighted by Gasteiger charge is 2.32. The highest BCUT2D eigenvalue weighted by Crippen LogP contribution is 2.24. The SMILES string of the molecule is CCc1cc2c(=O)n(C(C)(C)C(=O)O)c(C)nc2s1. The summed E-state index contributed by atoms with van der Waals surface area (Å²) in [5, 5.41) is 9.78. The maximum absolute atomic E-state index is 12.5. The zero-order valence-corrected chi connectivity index (χ0v) is 12.2. The van der Waals surface area contributed by atoms with E-state index in [4.69, 9.17) is 0 Å². The highest BCUT2D eigenvalue weighted by molar-refractivity contribution is 7.18. The van der Waals surface area contributed by atoms with Gasteiger partial charge in [0, 0.05) is 4.88 Å². The molecule has 2 rings (SSSR count). The van der Waals surface area contributed by atoms with Crippen LogP contribution in [0.15, 0.2) is 10.9 Å². The molecule has 0 aliphatic carbocycles. The van der Waals surface area contributed by atoms with E-state index in [0.29, 0.717) is 16.0 Å². The van der Waals surface area contributed by atoms with Crippen molar-refractivity contribution in [3.05, 3.63) is 27.1 Å². The quantitative estimate of drug-likeness (QED) is 0.935. The van der Waals surface area contributed by atoms with Gasteiger partial charge in [0.2, 0.25) is 0 Å². The number of aryl methyl sites for hydroxylation is 2. The molecule has 0 aliphatic rings. The third-order valence-electron chi connectivity index (χ3n) is 3.21. The summed E-state index contributed by atoms with van der Waals surface area (Å²) in [5.74, 6) is -0.626. The molecule has 102 valence electrons. The lowest BCUT2D eigenvalue weighted by Gasteiger charge is -2.24. The van der Waals surface area contributed by atoms with E-state index in [-0.39, 0.29) is 5.56 Å². The van der Waals surface area contributed by atoms with Crippen molar-refractivity contribution in [2.24, 2.45) is 0 Å². The third kappa shape index (κ3) is 2.06. The fraction of sp³-hybridized carbons (Fsp3) is 0.462. The number of carboxylic acid groups (broad SMARTS) is 1. The molecule has 0 saturated heterocycles. The average molecular weight is 280 g/mol. The summed E-state index contributed by atoms with van der Waals surface area (Å²) >= 11 is 1.48. The second kappa shape index (κ2) is 4.45. The molecule has 2 aromatic heterocycles. The van der Waals surface area contributed by atoms with Gasteiger partial charge in [-0.15, -0.1) is 11.3 Å². The maximum Gasteiger partial charge on any atom is 0.329 e. The summed E-state index contributed by atoms with van der Waals surface area (Å²) in [6, 6.07) is 1.81. The molecule has 0 amide bonds. The van der Waals surface area contributed by atoms with Gasteiger partial charge in [-0.05, 0) is 33.3 Å². The van der Waals surface area contributed by atoms with Crippen LogP contribution in [0.5, 0.6) is 0 Å². The first-order valence-corrected chi connectivity index (χ1v) is 6.86.